The van der Waals surface area contributed by atoms with E-state index in [1.807, 2.05) is 23.1 Å². The van der Waals surface area contributed by atoms with Crippen LogP contribution >= 0.6 is 0 Å². The first-order valence-corrected chi connectivity index (χ1v) is 17.8. The summed E-state index contributed by atoms with van der Waals surface area (Å²) < 4.78 is 9.88. The molecule has 13 nitrogen and oxygen atoms in total. The number of imidazole rings is 2. The van der Waals surface area contributed by atoms with E-state index in [0.29, 0.717) is 24.6 Å². The van der Waals surface area contributed by atoms with Crippen LogP contribution in [0.15, 0.2) is 91.0 Å². The Kier molecular flexibility index (Phi) is 9.23. The van der Waals surface area contributed by atoms with Gasteiger partial charge >= 0.3 is 12.1 Å². The van der Waals surface area contributed by atoms with Crippen molar-refractivity contribution in [3.8, 4) is 22.3 Å². The van der Waals surface area contributed by atoms with E-state index in [-0.39, 0.29) is 30.6 Å². The molecular weight excluding hydrogens is 672 g/mol. The molecule has 3 N–H and O–H groups in total. The van der Waals surface area contributed by atoms with Gasteiger partial charge in [-0.15, -0.1) is 0 Å². The molecule has 0 unspecified atom stereocenters. The number of para-hydroxylation sites is 1. The van der Waals surface area contributed by atoms with Crippen molar-refractivity contribution in [1.82, 2.24) is 35.2 Å². The predicted octanol–water partition coefficient (Wildman–Crippen LogP) is 7.12. The molecule has 0 radical (unpaired) electrons. The number of hydrogen-bond donors (Lipinski definition) is 3. The van der Waals surface area contributed by atoms with Gasteiger partial charge in [-0.3, -0.25) is 4.79 Å². The molecule has 13 heteroatoms. The van der Waals surface area contributed by atoms with E-state index in [1.54, 1.807) is 36.3 Å². The zero-order valence-corrected chi connectivity index (χ0v) is 29.5. The maximum Gasteiger partial charge on any atom is 0.426 e. The lowest BCUT2D eigenvalue weighted by molar-refractivity contribution is -0.136. The Labute approximate surface area is 305 Å². The van der Waals surface area contributed by atoms with E-state index in [0.717, 1.165) is 75.8 Å². The first-order chi connectivity index (χ1) is 25.9. The monoisotopic (exact) mass is 712 g/mol. The van der Waals surface area contributed by atoms with Crippen LogP contribution in [0.3, 0.4) is 0 Å². The van der Waals surface area contributed by atoms with Crippen LogP contribution < -0.4 is 10.4 Å². The van der Waals surface area contributed by atoms with Crippen molar-refractivity contribution in [2.24, 2.45) is 0 Å². The number of carbonyl (C=O) groups excluding carboxylic acids is 3. The molecule has 2 aliphatic rings. The number of nitrogens with one attached hydrogen (secondary N) is 3. The van der Waals surface area contributed by atoms with Crippen LogP contribution in [-0.4, -0.2) is 81.7 Å². The van der Waals surface area contributed by atoms with Gasteiger partial charge in [-0.05, 0) is 84.3 Å². The van der Waals surface area contributed by atoms with Gasteiger partial charge in [0.1, 0.15) is 18.3 Å². The number of likely N-dealkylation sites (tertiary alicyclic amines) is 2. The van der Waals surface area contributed by atoms with Crippen molar-refractivity contribution in [2.45, 2.75) is 37.8 Å². The topological polar surface area (TPSA) is 149 Å². The number of anilines is 1. The molecule has 0 bridgehead atoms. The molecule has 2 aromatic heterocycles. The zero-order valence-electron chi connectivity index (χ0n) is 29.5. The van der Waals surface area contributed by atoms with Gasteiger partial charge in [0.15, 0.2) is 0 Å². The first-order valence-electron chi connectivity index (χ1n) is 17.8. The standard InChI is InChI=1S/C40H40N8O5/c1-52-24-36(49)46-20-6-10-34(46)37-41-30-18-16-27(22-32(30)43-37)25-12-14-26(15-13-25)28-17-19-31-33(23-28)44-38(42-31)35-11-7-21-47(35)40(51)48(45-39(50)53-2)29-8-4-3-5-9-29/h3-5,8-9,12-19,22-23,34-35H,6-7,10-11,20-21,24H2,1-2H3,(H,41,43)(H,42,44)(H,45,50)/t34-,35-/m0/s1. The maximum absolute atomic E-state index is 13.9. The summed E-state index contributed by atoms with van der Waals surface area (Å²) in [6, 6.07) is 29.0. The largest absolute Gasteiger partial charge is 0.452 e. The molecule has 0 saturated carbocycles. The lowest BCUT2D eigenvalue weighted by atomic mass is 10.00. The molecule has 0 aliphatic carbocycles. The van der Waals surface area contributed by atoms with Crippen LogP contribution in [0.2, 0.25) is 0 Å². The highest BCUT2D eigenvalue weighted by Gasteiger charge is 2.36. The summed E-state index contributed by atoms with van der Waals surface area (Å²) in [6.07, 6.45) is 2.61. The SMILES string of the molecule is COCC(=O)N1CCC[C@H]1c1nc2ccc(-c3ccc(-c4ccc5nc([C@@H]6CCCN6C(=O)N(NC(=O)OC)c6ccccc6)[nH]c5c4)cc3)cc2[nH]1. The van der Waals surface area contributed by atoms with E-state index in [9.17, 15) is 14.4 Å². The Hall–Kier alpha value is -6.21. The van der Waals surface area contributed by atoms with Crippen LogP contribution in [0.4, 0.5) is 15.3 Å². The minimum absolute atomic E-state index is 0.0160. The molecule has 4 aromatic carbocycles. The summed E-state index contributed by atoms with van der Waals surface area (Å²) in [5, 5.41) is 1.22. The normalized spacial score (nSPS) is 17.1. The molecule has 2 saturated heterocycles. The summed E-state index contributed by atoms with van der Waals surface area (Å²) in [7, 11) is 2.80. The molecule has 2 atom stereocenters. The predicted molar refractivity (Wildman–Crippen MR) is 201 cm³/mol. The summed E-state index contributed by atoms with van der Waals surface area (Å²) in [6.45, 7) is 1.30. The number of carbonyl (C=O) groups is 3. The number of amides is 4. The number of aromatic nitrogens is 4. The quantitative estimate of drug-likeness (QED) is 0.149. The smallest absolute Gasteiger partial charge is 0.426 e. The Morgan fingerprint density at radius 3 is 1.81 bits per heavy atom. The molecule has 2 fully saturated rings. The molecule has 8 rings (SSSR count). The summed E-state index contributed by atoms with van der Waals surface area (Å²) in [4.78, 5) is 58.9. The Balaban J connectivity index is 0.997. The minimum atomic E-state index is -0.736. The molecule has 53 heavy (non-hydrogen) atoms. The van der Waals surface area contributed by atoms with Crippen molar-refractivity contribution < 1.29 is 23.9 Å². The Morgan fingerprint density at radius 2 is 1.26 bits per heavy atom. The minimum Gasteiger partial charge on any atom is -0.452 e. The third kappa shape index (κ3) is 6.66. The van der Waals surface area contributed by atoms with Crippen LogP contribution in [0, 0.1) is 0 Å². The number of ether oxygens (including phenoxy) is 2. The van der Waals surface area contributed by atoms with Gasteiger partial charge in [-0.1, -0.05) is 54.6 Å². The van der Waals surface area contributed by atoms with Crippen LogP contribution in [-0.2, 0) is 14.3 Å². The van der Waals surface area contributed by atoms with Gasteiger partial charge in [0.25, 0.3) is 0 Å². The summed E-state index contributed by atoms with van der Waals surface area (Å²) >= 11 is 0. The molecule has 4 heterocycles. The maximum atomic E-state index is 13.9. The van der Waals surface area contributed by atoms with Crippen molar-refractivity contribution in [1.29, 1.82) is 0 Å². The second-order valence-corrected chi connectivity index (χ2v) is 13.4. The second-order valence-electron chi connectivity index (χ2n) is 13.4. The van der Waals surface area contributed by atoms with E-state index in [1.165, 1.54) is 12.1 Å². The van der Waals surface area contributed by atoms with Gasteiger partial charge in [0.2, 0.25) is 5.91 Å². The highest BCUT2D eigenvalue weighted by molar-refractivity contribution is 5.94. The average Bonchev–Trinajstić information content (AvgIpc) is 4.02. The number of rotatable bonds is 7. The molecule has 0 spiro atoms. The average molecular weight is 713 g/mol. The number of fused-ring (bicyclic) bond motifs is 2. The first kappa shape index (κ1) is 33.9. The number of nitrogens with zero attached hydrogens (tertiary/aromatic N) is 5. The highest BCUT2D eigenvalue weighted by Crippen LogP contribution is 2.35. The van der Waals surface area contributed by atoms with Crippen molar-refractivity contribution >= 4 is 45.8 Å². The summed E-state index contributed by atoms with van der Waals surface area (Å²) in [5.41, 5.74) is 10.8. The fourth-order valence-corrected chi connectivity index (χ4v) is 7.49. The number of urea groups is 1. The lowest BCUT2D eigenvalue weighted by Crippen LogP contribution is -2.52. The van der Waals surface area contributed by atoms with Gasteiger partial charge in [0.05, 0.1) is 46.9 Å². The highest BCUT2D eigenvalue weighted by atomic mass is 16.5. The number of methoxy groups -OCH3 is 2. The van der Waals surface area contributed by atoms with E-state index in [4.69, 9.17) is 19.4 Å². The van der Waals surface area contributed by atoms with Gasteiger partial charge < -0.3 is 29.2 Å². The Morgan fingerprint density at radius 1 is 0.736 bits per heavy atom. The molecule has 270 valence electrons. The van der Waals surface area contributed by atoms with E-state index in [2.05, 4.69) is 63.9 Å². The zero-order chi connectivity index (χ0) is 36.5. The molecule has 2 aliphatic heterocycles. The number of hydrogen-bond acceptors (Lipinski definition) is 7. The summed E-state index contributed by atoms with van der Waals surface area (Å²) in [5.74, 6) is 1.49. The van der Waals surface area contributed by atoms with Gasteiger partial charge in [0, 0.05) is 20.2 Å². The number of hydrazine groups is 1. The fourth-order valence-electron chi connectivity index (χ4n) is 7.49. The van der Waals surface area contributed by atoms with Gasteiger partial charge in [-0.25, -0.2) is 25.0 Å². The Bertz CT molecular complexity index is 2290. The molecular formula is C40H40N8O5. The number of H-pyrrole nitrogens is 2. The second kappa shape index (κ2) is 14.4. The van der Waals surface area contributed by atoms with Crippen LogP contribution in [0.1, 0.15) is 49.4 Å². The van der Waals surface area contributed by atoms with Crippen molar-refractivity contribution in [3.05, 3.63) is 103 Å². The third-order valence-corrected chi connectivity index (χ3v) is 10.1. The third-order valence-electron chi connectivity index (χ3n) is 10.1. The van der Waals surface area contributed by atoms with Crippen molar-refractivity contribution in [2.75, 3.05) is 38.9 Å². The van der Waals surface area contributed by atoms with Crippen LogP contribution in [0.25, 0.3) is 44.3 Å². The molecule has 6 aromatic rings. The van der Waals surface area contributed by atoms with Crippen LogP contribution in [0.5, 0.6) is 0 Å². The van der Waals surface area contributed by atoms with Gasteiger partial charge in [-0.2, -0.15) is 5.01 Å². The fraction of sp³-hybridized carbons (Fsp3) is 0.275. The van der Waals surface area contributed by atoms with E-state index >= 15 is 0 Å². The number of aromatic amines is 2. The number of benzene rings is 4. The van der Waals surface area contributed by atoms with E-state index < -0.39 is 6.09 Å². The van der Waals surface area contributed by atoms with Crippen molar-refractivity contribution in [3.63, 3.8) is 0 Å². The lowest BCUT2D eigenvalue weighted by Gasteiger charge is -2.30. The molecule has 4 amide bonds.